The topological polar surface area (TPSA) is 63.6 Å². The zero-order valence-corrected chi connectivity index (χ0v) is 10.9. The normalized spacial score (nSPS) is 13.7. The molecule has 18 heavy (non-hydrogen) atoms. The fraction of sp³-hybridized carbons (Fsp3) is 0.429. The molecule has 0 aliphatic rings. The number of ether oxygens (including phenoxy) is 1. The number of aliphatic carboxylic acids is 1. The van der Waals surface area contributed by atoms with Crippen LogP contribution in [0.5, 0.6) is 0 Å². The summed E-state index contributed by atoms with van der Waals surface area (Å²) in [6.45, 7) is 3.43. The average molecular weight is 250 g/mol. The minimum absolute atomic E-state index is 0.124. The lowest BCUT2D eigenvalue weighted by atomic mass is 9.83. The van der Waals surface area contributed by atoms with Gasteiger partial charge in [-0.05, 0) is 30.9 Å². The Morgan fingerprint density at radius 2 is 1.72 bits per heavy atom. The van der Waals surface area contributed by atoms with Crippen molar-refractivity contribution in [3.63, 3.8) is 0 Å². The van der Waals surface area contributed by atoms with Gasteiger partial charge in [-0.3, -0.25) is 9.59 Å². The highest BCUT2D eigenvalue weighted by atomic mass is 16.5. The van der Waals surface area contributed by atoms with E-state index in [4.69, 9.17) is 0 Å². The molecule has 0 radical (unpaired) electrons. The quantitative estimate of drug-likeness (QED) is 0.641. The van der Waals surface area contributed by atoms with Crippen molar-refractivity contribution in [3.05, 3.63) is 35.4 Å². The first kappa shape index (κ1) is 14.2. The summed E-state index contributed by atoms with van der Waals surface area (Å²) in [5.74, 6) is -1.90. The van der Waals surface area contributed by atoms with E-state index in [1.165, 1.54) is 19.6 Å². The number of hydrogen-bond acceptors (Lipinski definition) is 3. The third-order valence-electron chi connectivity index (χ3n) is 3.10. The molecule has 0 bridgehead atoms. The summed E-state index contributed by atoms with van der Waals surface area (Å²) in [6, 6.07) is 7.58. The Morgan fingerprint density at radius 3 is 2.11 bits per heavy atom. The van der Waals surface area contributed by atoms with Gasteiger partial charge < -0.3 is 9.84 Å². The highest BCUT2D eigenvalue weighted by Gasteiger charge is 2.42. The molecular weight excluding hydrogens is 232 g/mol. The Kier molecular flexibility index (Phi) is 4.48. The number of aryl methyl sites for hydroxylation is 1. The maximum atomic E-state index is 11.6. The van der Waals surface area contributed by atoms with Crippen LogP contribution in [0.4, 0.5) is 0 Å². The summed E-state index contributed by atoms with van der Waals surface area (Å²) < 4.78 is 4.57. The summed E-state index contributed by atoms with van der Waals surface area (Å²) in [5, 5.41) is 9.20. The van der Waals surface area contributed by atoms with Crippen LogP contribution in [-0.2, 0) is 27.2 Å². The first-order valence-corrected chi connectivity index (χ1v) is 5.83. The highest BCUT2D eigenvalue weighted by Crippen LogP contribution is 2.25. The number of hydrogen-bond donors (Lipinski definition) is 1. The SMILES string of the molecule is CCc1ccc(CC(C)(C(=O)O)C(=O)OC)cc1. The molecule has 0 spiro atoms. The third-order valence-corrected chi connectivity index (χ3v) is 3.10. The highest BCUT2D eigenvalue weighted by molar-refractivity contribution is 5.98. The molecule has 0 aliphatic carbocycles. The maximum absolute atomic E-state index is 11.6. The van der Waals surface area contributed by atoms with Crippen molar-refractivity contribution in [1.29, 1.82) is 0 Å². The molecule has 0 fully saturated rings. The van der Waals surface area contributed by atoms with E-state index in [0.717, 1.165) is 12.0 Å². The van der Waals surface area contributed by atoms with Crippen molar-refractivity contribution < 1.29 is 19.4 Å². The van der Waals surface area contributed by atoms with Crippen LogP contribution < -0.4 is 0 Å². The number of methoxy groups -OCH3 is 1. The van der Waals surface area contributed by atoms with Gasteiger partial charge in [-0.15, -0.1) is 0 Å². The minimum Gasteiger partial charge on any atom is -0.480 e. The van der Waals surface area contributed by atoms with Gasteiger partial charge in [0.2, 0.25) is 0 Å². The molecule has 1 aromatic rings. The van der Waals surface area contributed by atoms with Gasteiger partial charge in [0.1, 0.15) is 0 Å². The first-order valence-electron chi connectivity index (χ1n) is 5.83. The monoisotopic (exact) mass is 250 g/mol. The van der Waals surface area contributed by atoms with E-state index in [2.05, 4.69) is 4.74 Å². The van der Waals surface area contributed by atoms with Crippen molar-refractivity contribution in [2.45, 2.75) is 26.7 Å². The van der Waals surface area contributed by atoms with E-state index in [9.17, 15) is 14.7 Å². The molecule has 1 rings (SSSR count). The fourth-order valence-electron chi connectivity index (χ4n) is 1.76. The molecule has 1 N–H and O–H groups in total. The van der Waals surface area contributed by atoms with Gasteiger partial charge in [0.05, 0.1) is 7.11 Å². The summed E-state index contributed by atoms with van der Waals surface area (Å²) in [6.07, 6.45) is 1.05. The molecule has 4 heteroatoms. The molecule has 0 saturated heterocycles. The van der Waals surface area contributed by atoms with Gasteiger partial charge in [-0.1, -0.05) is 31.2 Å². The van der Waals surface area contributed by atoms with Crippen molar-refractivity contribution in [3.8, 4) is 0 Å². The van der Waals surface area contributed by atoms with Crippen LogP contribution in [0, 0.1) is 5.41 Å². The van der Waals surface area contributed by atoms with Gasteiger partial charge in [-0.25, -0.2) is 0 Å². The molecule has 0 amide bonds. The summed E-state index contributed by atoms with van der Waals surface area (Å²) in [4.78, 5) is 22.8. The lowest BCUT2D eigenvalue weighted by Gasteiger charge is -2.21. The summed E-state index contributed by atoms with van der Waals surface area (Å²) >= 11 is 0. The third kappa shape index (κ3) is 2.88. The Labute approximate surface area is 107 Å². The molecule has 0 saturated carbocycles. The van der Waals surface area contributed by atoms with Gasteiger partial charge in [0, 0.05) is 0 Å². The van der Waals surface area contributed by atoms with Gasteiger partial charge in [0.15, 0.2) is 5.41 Å². The largest absolute Gasteiger partial charge is 0.480 e. The molecule has 1 atom stereocenters. The van der Waals surface area contributed by atoms with Gasteiger partial charge in [-0.2, -0.15) is 0 Å². The summed E-state index contributed by atoms with van der Waals surface area (Å²) in [7, 11) is 1.20. The van der Waals surface area contributed by atoms with Crippen LogP contribution in [0.15, 0.2) is 24.3 Å². The summed E-state index contributed by atoms with van der Waals surface area (Å²) in [5.41, 5.74) is 0.444. The second kappa shape index (κ2) is 5.67. The predicted molar refractivity (Wildman–Crippen MR) is 67.3 cm³/mol. The molecule has 1 unspecified atom stereocenters. The van der Waals surface area contributed by atoms with E-state index in [1.54, 1.807) is 0 Å². The maximum Gasteiger partial charge on any atom is 0.323 e. The Bertz CT molecular complexity index is 436. The van der Waals surface area contributed by atoms with Crippen LogP contribution in [0.25, 0.3) is 0 Å². The molecule has 0 aromatic heterocycles. The number of carbonyl (C=O) groups excluding carboxylic acids is 1. The van der Waals surface area contributed by atoms with Crippen LogP contribution in [-0.4, -0.2) is 24.2 Å². The molecule has 4 nitrogen and oxygen atoms in total. The van der Waals surface area contributed by atoms with Gasteiger partial charge >= 0.3 is 11.9 Å². The van der Waals surface area contributed by atoms with Crippen LogP contribution in [0.2, 0.25) is 0 Å². The molecule has 98 valence electrons. The predicted octanol–water partition coefficient (Wildman–Crippen LogP) is 2.06. The van der Waals surface area contributed by atoms with Crippen LogP contribution in [0.3, 0.4) is 0 Å². The van der Waals surface area contributed by atoms with Crippen molar-refractivity contribution in [2.24, 2.45) is 5.41 Å². The Balaban J connectivity index is 2.96. The van der Waals surface area contributed by atoms with E-state index in [-0.39, 0.29) is 6.42 Å². The smallest absolute Gasteiger partial charge is 0.323 e. The number of esters is 1. The zero-order valence-electron chi connectivity index (χ0n) is 10.9. The van der Waals surface area contributed by atoms with Crippen molar-refractivity contribution >= 4 is 11.9 Å². The fourth-order valence-corrected chi connectivity index (χ4v) is 1.76. The zero-order chi connectivity index (χ0) is 13.8. The minimum atomic E-state index is -1.54. The number of benzene rings is 1. The first-order chi connectivity index (χ1) is 8.43. The van der Waals surface area contributed by atoms with E-state index in [1.807, 2.05) is 31.2 Å². The van der Waals surface area contributed by atoms with Crippen molar-refractivity contribution in [2.75, 3.05) is 7.11 Å². The van der Waals surface area contributed by atoms with Crippen molar-refractivity contribution in [1.82, 2.24) is 0 Å². The van der Waals surface area contributed by atoms with Crippen LogP contribution >= 0.6 is 0 Å². The molecular formula is C14H18O4. The second-order valence-electron chi connectivity index (χ2n) is 4.48. The Morgan fingerprint density at radius 1 is 1.22 bits per heavy atom. The number of carboxylic acid groups (broad SMARTS) is 1. The number of rotatable bonds is 5. The van der Waals surface area contributed by atoms with E-state index < -0.39 is 17.4 Å². The second-order valence-corrected chi connectivity index (χ2v) is 4.48. The van der Waals surface area contributed by atoms with Crippen LogP contribution in [0.1, 0.15) is 25.0 Å². The average Bonchev–Trinajstić information content (AvgIpc) is 2.38. The van der Waals surface area contributed by atoms with E-state index in [0.29, 0.717) is 0 Å². The number of carbonyl (C=O) groups is 2. The van der Waals surface area contributed by atoms with E-state index >= 15 is 0 Å². The lowest BCUT2D eigenvalue weighted by molar-refractivity contribution is -0.165. The number of carboxylic acids is 1. The molecule has 0 aliphatic heterocycles. The van der Waals surface area contributed by atoms with Gasteiger partial charge in [0.25, 0.3) is 0 Å². The molecule has 0 heterocycles. The standard InChI is InChI=1S/C14H18O4/c1-4-10-5-7-11(8-6-10)9-14(2,12(15)16)13(17)18-3/h5-8H,4,9H2,1-3H3,(H,15,16). The Hall–Kier alpha value is -1.84. The lowest BCUT2D eigenvalue weighted by Crippen LogP contribution is -2.39. The molecule has 1 aromatic carbocycles.